The zero-order valence-corrected chi connectivity index (χ0v) is 17.4. The van der Waals surface area contributed by atoms with Crippen molar-refractivity contribution in [2.24, 2.45) is 5.10 Å². The van der Waals surface area contributed by atoms with E-state index in [1.165, 1.54) is 18.2 Å². The molecule has 0 aliphatic heterocycles. The van der Waals surface area contributed by atoms with Crippen LogP contribution in [0.15, 0.2) is 77.9 Å². The van der Waals surface area contributed by atoms with E-state index < -0.39 is 23.6 Å². The molecule has 0 unspecified atom stereocenters. The van der Waals surface area contributed by atoms with Crippen molar-refractivity contribution in [2.45, 2.75) is 13.8 Å². The molecule has 0 bridgehead atoms. The number of para-hydroxylation sites is 2. The van der Waals surface area contributed by atoms with E-state index in [1.807, 2.05) is 6.07 Å². The van der Waals surface area contributed by atoms with E-state index in [4.69, 9.17) is 4.74 Å². The molecule has 0 aromatic heterocycles. The molecule has 3 aromatic carbocycles. The predicted molar refractivity (Wildman–Crippen MR) is 118 cm³/mol. The molecular formula is C24H20FN3O4. The Labute approximate surface area is 183 Å². The van der Waals surface area contributed by atoms with Crippen LogP contribution in [0.1, 0.15) is 28.4 Å². The molecule has 162 valence electrons. The van der Waals surface area contributed by atoms with E-state index in [-0.39, 0.29) is 11.4 Å². The molecule has 32 heavy (non-hydrogen) atoms. The third kappa shape index (κ3) is 5.42. The molecule has 7 nitrogen and oxygen atoms in total. The van der Waals surface area contributed by atoms with Gasteiger partial charge in [0.15, 0.2) is 0 Å². The van der Waals surface area contributed by atoms with Gasteiger partial charge in [0.1, 0.15) is 11.6 Å². The number of hydrogen-bond donors (Lipinski definition) is 2. The second kappa shape index (κ2) is 10.1. The Morgan fingerprint density at radius 3 is 2.19 bits per heavy atom. The summed E-state index contributed by atoms with van der Waals surface area (Å²) < 4.78 is 19.2. The van der Waals surface area contributed by atoms with Crippen LogP contribution < -0.4 is 15.5 Å². The quantitative estimate of drug-likeness (QED) is 0.210. The number of ether oxygens (including phenoxy) is 1. The van der Waals surface area contributed by atoms with Gasteiger partial charge in [-0.25, -0.2) is 14.6 Å². The molecule has 0 saturated heterocycles. The average molecular weight is 433 g/mol. The minimum atomic E-state index is -1.08. The van der Waals surface area contributed by atoms with Gasteiger partial charge in [-0.3, -0.25) is 9.59 Å². The van der Waals surface area contributed by atoms with Crippen molar-refractivity contribution in [3.05, 3.63) is 95.3 Å². The van der Waals surface area contributed by atoms with E-state index in [2.05, 4.69) is 15.8 Å². The van der Waals surface area contributed by atoms with Gasteiger partial charge in [-0.05, 0) is 49.7 Å². The Balaban J connectivity index is 1.71. The second-order valence-corrected chi connectivity index (χ2v) is 6.77. The van der Waals surface area contributed by atoms with Gasteiger partial charge in [0.05, 0.1) is 17.0 Å². The predicted octanol–water partition coefficient (Wildman–Crippen LogP) is 3.83. The minimum Gasteiger partial charge on any atom is -0.422 e. The fourth-order valence-electron chi connectivity index (χ4n) is 2.80. The van der Waals surface area contributed by atoms with Crippen LogP contribution in [0.3, 0.4) is 0 Å². The van der Waals surface area contributed by atoms with Crippen molar-refractivity contribution < 1.29 is 23.5 Å². The topological polar surface area (TPSA) is 96.9 Å². The number of hydrogen-bond acceptors (Lipinski definition) is 5. The summed E-state index contributed by atoms with van der Waals surface area (Å²) in [6, 6.07) is 19.2. The minimum absolute atomic E-state index is 0.123. The maximum atomic E-state index is 13.6. The van der Waals surface area contributed by atoms with E-state index in [1.54, 1.807) is 56.3 Å². The van der Waals surface area contributed by atoms with Gasteiger partial charge in [-0.1, -0.05) is 42.5 Å². The zero-order valence-electron chi connectivity index (χ0n) is 17.4. The first-order valence-corrected chi connectivity index (χ1v) is 9.64. The summed E-state index contributed by atoms with van der Waals surface area (Å²) in [6.07, 6.45) is 0. The average Bonchev–Trinajstić information content (AvgIpc) is 2.79. The van der Waals surface area contributed by atoms with Crippen molar-refractivity contribution in [1.82, 2.24) is 5.43 Å². The molecule has 0 aliphatic rings. The van der Waals surface area contributed by atoms with Crippen molar-refractivity contribution in [3.8, 4) is 5.75 Å². The summed E-state index contributed by atoms with van der Waals surface area (Å²) in [5.74, 6) is -3.12. The lowest BCUT2D eigenvalue weighted by atomic mass is 10.1. The van der Waals surface area contributed by atoms with Gasteiger partial charge >= 0.3 is 17.8 Å². The van der Waals surface area contributed by atoms with Crippen molar-refractivity contribution in [2.75, 3.05) is 5.32 Å². The van der Waals surface area contributed by atoms with Gasteiger partial charge in [0.25, 0.3) is 0 Å². The highest BCUT2D eigenvalue weighted by atomic mass is 19.1. The highest BCUT2D eigenvalue weighted by Crippen LogP contribution is 2.21. The number of carbonyl (C=O) groups is 3. The van der Waals surface area contributed by atoms with Crippen LogP contribution >= 0.6 is 0 Å². The van der Waals surface area contributed by atoms with E-state index in [0.29, 0.717) is 16.8 Å². The number of carbonyl (C=O) groups excluding carboxylic acids is 3. The number of nitrogens with zero attached hydrogens (tertiary/aromatic N) is 1. The molecule has 0 aliphatic carbocycles. The van der Waals surface area contributed by atoms with Crippen molar-refractivity contribution in [1.29, 1.82) is 0 Å². The number of halogens is 1. The molecule has 0 spiro atoms. The molecule has 0 radical (unpaired) electrons. The largest absolute Gasteiger partial charge is 0.422 e. The number of benzene rings is 3. The monoisotopic (exact) mass is 433 g/mol. The van der Waals surface area contributed by atoms with Crippen LogP contribution in [0.4, 0.5) is 10.1 Å². The van der Waals surface area contributed by atoms with Crippen LogP contribution in [0.2, 0.25) is 0 Å². The first kappa shape index (κ1) is 22.4. The molecule has 2 amide bonds. The van der Waals surface area contributed by atoms with Crippen molar-refractivity contribution >= 4 is 29.2 Å². The Morgan fingerprint density at radius 1 is 0.844 bits per heavy atom. The van der Waals surface area contributed by atoms with Gasteiger partial charge in [-0.15, -0.1) is 0 Å². The summed E-state index contributed by atoms with van der Waals surface area (Å²) >= 11 is 0. The lowest BCUT2D eigenvalue weighted by Crippen LogP contribution is -2.33. The maximum Gasteiger partial charge on any atom is 0.343 e. The standard InChI is InChI=1S/C24H20FN3O4/c1-15-9-3-4-10-17(15)24(31)32-21-14-8-5-11-18(21)16(2)27-28-23(30)22(29)26-20-13-7-6-12-19(20)25/h3-14H,1-2H3,(H,26,29)(H,28,30)/b27-16+. The molecular weight excluding hydrogens is 413 g/mol. The number of nitrogens with one attached hydrogen (secondary N) is 2. The van der Waals surface area contributed by atoms with Crippen LogP contribution in [0, 0.1) is 12.7 Å². The van der Waals surface area contributed by atoms with E-state index in [0.717, 1.165) is 11.6 Å². The third-order valence-corrected chi connectivity index (χ3v) is 4.50. The first-order valence-electron chi connectivity index (χ1n) is 9.64. The molecule has 0 atom stereocenters. The Hall–Kier alpha value is -4.33. The van der Waals surface area contributed by atoms with Crippen molar-refractivity contribution in [3.63, 3.8) is 0 Å². The summed E-state index contributed by atoms with van der Waals surface area (Å²) in [7, 11) is 0. The fourth-order valence-corrected chi connectivity index (χ4v) is 2.80. The Kier molecular flexibility index (Phi) is 7.07. The van der Waals surface area contributed by atoms with Crippen LogP contribution in [-0.2, 0) is 9.59 Å². The van der Waals surface area contributed by atoms with Gasteiger partial charge in [-0.2, -0.15) is 5.10 Å². The molecule has 2 N–H and O–H groups in total. The van der Waals surface area contributed by atoms with Gasteiger partial charge in [0.2, 0.25) is 0 Å². The summed E-state index contributed by atoms with van der Waals surface area (Å²) in [5, 5.41) is 6.08. The van der Waals surface area contributed by atoms with Crippen LogP contribution in [0.5, 0.6) is 5.75 Å². The number of rotatable bonds is 5. The van der Waals surface area contributed by atoms with E-state index >= 15 is 0 Å². The lowest BCUT2D eigenvalue weighted by Gasteiger charge is -2.11. The van der Waals surface area contributed by atoms with Crippen LogP contribution in [0.25, 0.3) is 0 Å². The second-order valence-electron chi connectivity index (χ2n) is 6.77. The molecule has 0 heterocycles. The molecule has 8 heteroatoms. The molecule has 3 aromatic rings. The van der Waals surface area contributed by atoms with Gasteiger partial charge < -0.3 is 10.1 Å². The summed E-state index contributed by atoms with van der Waals surface area (Å²) in [5.41, 5.74) is 3.94. The normalized spacial score (nSPS) is 10.9. The summed E-state index contributed by atoms with van der Waals surface area (Å²) in [6.45, 7) is 3.38. The van der Waals surface area contributed by atoms with E-state index in [9.17, 15) is 18.8 Å². The van der Waals surface area contributed by atoms with Crippen LogP contribution in [-0.4, -0.2) is 23.5 Å². The SMILES string of the molecule is C/C(=N\NC(=O)C(=O)Nc1ccccc1F)c1ccccc1OC(=O)c1ccccc1C. The fraction of sp³-hybridized carbons (Fsp3) is 0.0833. The smallest absolute Gasteiger partial charge is 0.343 e. The number of amides is 2. The van der Waals surface area contributed by atoms with Gasteiger partial charge in [0, 0.05) is 5.56 Å². The molecule has 0 fully saturated rings. The number of aryl methyl sites for hydroxylation is 1. The summed E-state index contributed by atoms with van der Waals surface area (Å²) in [4.78, 5) is 36.6. The number of hydrazone groups is 1. The highest BCUT2D eigenvalue weighted by Gasteiger charge is 2.17. The maximum absolute atomic E-state index is 13.6. The lowest BCUT2D eigenvalue weighted by molar-refractivity contribution is -0.136. The number of esters is 1. The third-order valence-electron chi connectivity index (χ3n) is 4.50. The highest BCUT2D eigenvalue weighted by molar-refractivity contribution is 6.39. The number of anilines is 1. The Bertz CT molecular complexity index is 1210. The Morgan fingerprint density at radius 2 is 1.47 bits per heavy atom. The molecule has 3 rings (SSSR count). The molecule has 0 saturated carbocycles. The first-order chi connectivity index (χ1) is 15.4. The zero-order chi connectivity index (χ0) is 23.1.